The molecule has 1 saturated heterocycles. The third-order valence-corrected chi connectivity index (χ3v) is 4.11. The van der Waals surface area contributed by atoms with E-state index in [2.05, 4.69) is 14.9 Å². The molecule has 0 bridgehead atoms. The maximum absolute atomic E-state index is 12.2. The number of amides is 1. The van der Waals surface area contributed by atoms with Gasteiger partial charge in [-0.25, -0.2) is 9.78 Å². The van der Waals surface area contributed by atoms with Gasteiger partial charge >= 0.3 is 6.09 Å². The molecule has 1 atom stereocenters. The highest BCUT2D eigenvalue weighted by molar-refractivity contribution is 5.67. The van der Waals surface area contributed by atoms with Crippen LogP contribution in [0.1, 0.15) is 45.0 Å². The molecular weight excluding hydrogens is 304 g/mol. The molecule has 1 fully saturated rings. The zero-order chi connectivity index (χ0) is 17.9. The second-order valence-corrected chi connectivity index (χ2v) is 7.74. The van der Waals surface area contributed by atoms with Crippen molar-refractivity contribution in [1.29, 1.82) is 0 Å². The molecule has 6 heteroatoms. The highest BCUT2D eigenvalue weighted by Crippen LogP contribution is 2.24. The summed E-state index contributed by atoms with van der Waals surface area (Å²) in [6.45, 7) is 12.2. The second kappa shape index (κ2) is 7.36. The minimum Gasteiger partial charge on any atom is -0.444 e. The summed E-state index contributed by atoms with van der Waals surface area (Å²) in [5, 5.41) is 0. The third-order valence-electron chi connectivity index (χ3n) is 4.11. The molecule has 0 radical (unpaired) electrons. The van der Waals surface area contributed by atoms with E-state index < -0.39 is 5.60 Å². The van der Waals surface area contributed by atoms with Gasteiger partial charge in [-0.15, -0.1) is 0 Å². The van der Waals surface area contributed by atoms with Crippen LogP contribution in [0.5, 0.6) is 0 Å². The van der Waals surface area contributed by atoms with Crippen LogP contribution >= 0.6 is 0 Å². The molecule has 1 unspecified atom stereocenters. The van der Waals surface area contributed by atoms with E-state index in [0.717, 1.165) is 43.1 Å². The minimum atomic E-state index is -0.460. The number of rotatable bonds is 3. The Hall–Kier alpha value is -1.85. The first kappa shape index (κ1) is 18.5. The second-order valence-electron chi connectivity index (χ2n) is 7.74. The van der Waals surface area contributed by atoms with Gasteiger partial charge in [0.15, 0.2) is 0 Å². The van der Waals surface area contributed by atoms with Crippen molar-refractivity contribution in [2.24, 2.45) is 5.92 Å². The van der Waals surface area contributed by atoms with Gasteiger partial charge in [-0.3, -0.25) is 4.98 Å². The van der Waals surface area contributed by atoms with Crippen molar-refractivity contribution >= 4 is 11.9 Å². The molecule has 1 amide bonds. The van der Waals surface area contributed by atoms with Crippen molar-refractivity contribution in [3.05, 3.63) is 17.6 Å². The summed E-state index contributed by atoms with van der Waals surface area (Å²) in [6.07, 6.45) is 3.76. The topological polar surface area (TPSA) is 58.6 Å². The summed E-state index contributed by atoms with van der Waals surface area (Å²) < 4.78 is 5.44. The van der Waals surface area contributed by atoms with E-state index in [1.165, 1.54) is 0 Å². The molecule has 0 aliphatic carbocycles. The quantitative estimate of drug-likeness (QED) is 0.850. The fourth-order valence-corrected chi connectivity index (χ4v) is 3.03. The molecule has 1 aliphatic heterocycles. The summed E-state index contributed by atoms with van der Waals surface area (Å²) >= 11 is 0. The summed E-state index contributed by atoms with van der Waals surface area (Å²) in [7, 11) is 1.81. The Bertz CT molecular complexity index is 583. The Kier molecular flexibility index (Phi) is 5.67. The van der Waals surface area contributed by atoms with Gasteiger partial charge in [0.25, 0.3) is 0 Å². The lowest BCUT2D eigenvalue weighted by Crippen LogP contribution is -2.43. The molecule has 6 nitrogen and oxygen atoms in total. The Labute approximate surface area is 145 Å². The predicted octanol–water partition coefficient (Wildman–Crippen LogP) is 3.18. The van der Waals surface area contributed by atoms with Crippen LogP contribution in [0.4, 0.5) is 10.6 Å². The number of hydrogen-bond donors (Lipinski definition) is 0. The number of carbonyl (C=O) groups excluding carboxylic acids is 1. The van der Waals surface area contributed by atoms with E-state index in [1.807, 2.05) is 41.7 Å². The van der Waals surface area contributed by atoms with Crippen LogP contribution in [-0.4, -0.2) is 53.2 Å². The lowest BCUT2D eigenvalue weighted by atomic mass is 9.97. The largest absolute Gasteiger partial charge is 0.444 e. The molecule has 1 aliphatic rings. The van der Waals surface area contributed by atoms with E-state index in [-0.39, 0.29) is 6.09 Å². The molecule has 24 heavy (non-hydrogen) atoms. The first-order valence-corrected chi connectivity index (χ1v) is 8.65. The molecule has 1 aromatic heterocycles. The number of piperidine rings is 1. The first-order chi connectivity index (χ1) is 11.2. The van der Waals surface area contributed by atoms with Gasteiger partial charge in [0.1, 0.15) is 11.4 Å². The molecule has 0 aromatic carbocycles. The lowest BCUT2D eigenvalue weighted by Gasteiger charge is -2.36. The van der Waals surface area contributed by atoms with Gasteiger partial charge in [0, 0.05) is 32.9 Å². The van der Waals surface area contributed by atoms with Crippen molar-refractivity contribution in [2.75, 3.05) is 31.6 Å². The smallest absolute Gasteiger partial charge is 0.410 e. The van der Waals surface area contributed by atoms with Crippen LogP contribution in [0.2, 0.25) is 0 Å². The van der Waals surface area contributed by atoms with Crippen LogP contribution in [0.15, 0.2) is 6.20 Å². The van der Waals surface area contributed by atoms with E-state index >= 15 is 0 Å². The van der Waals surface area contributed by atoms with Crippen LogP contribution in [0.25, 0.3) is 0 Å². The van der Waals surface area contributed by atoms with Crippen molar-refractivity contribution < 1.29 is 9.53 Å². The zero-order valence-corrected chi connectivity index (χ0v) is 15.8. The van der Waals surface area contributed by atoms with Crippen molar-refractivity contribution in [3.63, 3.8) is 0 Å². The summed E-state index contributed by atoms with van der Waals surface area (Å²) in [4.78, 5) is 25.2. The lowest BCUT2D eigenvalue weighted by molar-refractivity contribution is 0.0269. The summed E-state index contributed by atoms with van der Waals surface area (Å²) in [6, 6.07) is 0. The average molecular weight is 334 g/mol. The molecule has 0 spiro atoms. The predicted molar refractivity (Wildman–Crippen MR) is 95.3 cm³/mol. The summed E-state index contributed by atoms with van der Waals surface area (Å²) in [5.41, 5.74) is 1.43. The molecule has 2 rings (SSSR count). The number of carbonyl (C=O) groups is 1. The van der Waals surface area contributed by atoms with Crippen LogP contribution in [0.3, 0.4) is 0 Å². The Morgan fingerprint density at radius 1 is 1.42 bits per heavy atom. The van der Waals surface area contributed by atoms with Crippen LogP contribution in [-0.2, 0) is 4.74 Å². The molecule has 134 valence electrons. The first-order valence-electron chi connectivity index (χ1n) is 8.65. The van der Waals surface area contributed by atoms with E-state index in [4.69, 9.17) is 4.74 Å². The van der Waals surface area contributed by atoms with Gasteiger partial charge in [0.2, 0.25) is 0 Å². The number of ether oxygens (including phenoxy) is 1. The maximum Gasteiger partial charge on any atom is 0.410 e. The monoisotopic (exact) mass is 334 g/mol. The fraction of sp³-hybridized carbons (Fsp3) is 0.722. The van der Waals surface area contributed by atoms with Crippen LogP contribution in [0, 0.1) is 19.8 Å². The fourth-order valence-electron chi connectivity index (χ4n) is 3.03. The van der Waals surface area contributed by atoms with Gasteiger partial charge in [-0.05, 0) is 53.4 Å². The summed E-state index contributed by atoms with van der Waals surface area (Å²) in [5.74, 6) is 1.39. The Morgan fingerprint density at radius 3 is 2.79 bits per heavy atom. The third kappa shape index (κ3) is 5.08. The molecule has 0 saturated carbocycles. The van der Waals surface area contributed by atoms with E-state index in [1.54, 1.807) is 11.1 Å². The number of aromatic nitrogens is 2. The van der Waals surface area contributed by atoms with Crippen molar-refractivity contribution in [3.8, 4) is 0 Å². The number of anilines is 1. The standard InChI is InChI=1S/C18H30N4O2/c1-13-10-19-14(2)16(20-13)22-9-7-8-15(12-22)11-21(6)17(23)24-18(3,4)5/h10,15H,7-9,11-12H2,1-6H3. The van der Waals surface area contributed by atoms with E-state index in [0.29, 0.717) is 12.5 Å². The average Bonchev–Trinajstić information content (AvgIpc) is 2.48. The maximum atomic E-state index is 12.2. The zero-order valence-electron chi connectivity index (χ0n) is 15.8. The highest BCUT2D eigenvalue weighted by Gasteiger charge is 2.26. The van der Waals surface area contributed by atoms with Crippen molar-refractivity contribution in [2.45, 2.75) is 53.1 Å². The SMILES string of the molecule is Cc1cnc(C)c(N2CCCC(CN(C)C(=O)OC(C)(C)C)C2)n1. The molecule has 0 N–H and O–H groups in total. The molecular formula is C18H30N4O2. The van der Waals surface area contributed by atoms with E-state index in [9.17, 15) is 4.79 Å². The van der Waals surface area contributed by atoms with Gasteiger partial charge < -0.3 is 14.5 Å². The number of aryl methyl sites for hydroxylation is 2. The molecule has 1 aromatic rings. The Morgan fingerprint density at radius 2 is 2.12 bits per heavy atom. The number of hydrogen-bond acceptors (Lipinski definition) is 5. The number of nitrogens with zero attached hydrogens (tertiary/aromatic N) is 4. The van der Waals surface area contributed by atoms with Crippen LogP contribution < -0.4 is 4.90 Å². The normalized spacial score (nSPS) is 18.4. The van der Waals surface area contributed by atoms with Crippen molar-refractivity contribution in [1.82, 2.24) is 14.9 Å². The highest BCUT2D eigenvalue weighted by atomic mass is 16.6. The molecule has 2 heterocycles. The van der Waals surface area contributed by atoms with Gasteiger partial charge in [-0.2, -0.15) is 0 Å². The van der Waals surface area contributed by atoms with Gasteiger partial charge in [0.05, 0.1) is 11.4 Å². The van der Waals surface area contributed by atoms with Gasteiger partial charge in [-0.1, -0.05) is 0 Å². The Balaban J connectivity index is 1.98. The minimum absolute atomic E-state index is 0.258.